The first-order valence-electron chi connectivity index (χ1n) is 5.03. The van der Waals surface area contributed by atoms with Crippen molar-refractivity contribution in [2.24, 2.45) is 5.92 Å². The SMILES string of the molecule is CS(=O)(=O)c1cc(OCC2COC2)cc(Br)n1. The molecule has 1 aromatic heterocycles. The van der Waals surface area contributed by atoms with Crippen molar-refractivity contribution in [3.63, 3.8) is 0 Å². The number of rotatable bonds is 4. The van der Waals surface area contributed by atoms with Crippen LogP contribution in [0, 0.1) is 5.92 Å². The van der Waals surface area contributed by atoms with Crippen molar-refractivity contribution in [2.45, 2.75) is 5.03 Å². The van der Waals surface area contributed by atoms with Crippen molar-refractivity contribution < 1.29 is 17.9 Å². The second-order valence-corrected chi connectivity index (χ2v) is 6.73. The topological polar surface area (TPSA) is 65.5 Å². The minimum Gasteiger partial charge on any atom is -0.493 e. The van der Waals surface area contributed by atoms with Crippen LogP contribution in [0.4, 0.5) is 0 Å². The van der Waals surface area contributed by atoms with Crippen LogP contribution < -0.4 is 4.74 Å². The van der Waals surface area contributed by atoms with Gasteiger partial charge in [-0.1, -0.05) is 0 Å². The van der Waals surface area contributed by atoms with E-state index >= 15 is 0 Å². The normalized spacial score (nSPS) is 16.6. The Labute approximate surface area is 108 Å². The molecule has 2 rings (SSSR count). The third kappa shape index (κ3) is 3.40. The second kappa shape index (κ2) is 4.91. The zero-order chi connectivity index (χ0) is 12.5. The average molecular weight is 322 g/mol. The molecule has 1 fully saturated rings. The molecule has 0 aliphatic carbocycles. The van der Waals surface area contributed by atoms with E-state index in [4.69, 9.17) is 9.47 Å². The van der Waals surface area contributed by atoms with E-state index in [1.807, 2.05) is 0 Å². The van der Waals surface area contributed by atoms with Gasteiger partial charge in [-0.3, -0.25) is 0 Å². The second-order valence-electron chi connectivity index (χ2n) is 3.95. The Morgan fingerprint density at radius 2 is 2.24 bits per heavy atom. The van der Waals surface area contributed by atoms with Crippen LogP contribution in [0.1, 0.15) is 0 Å². The molecule has 0 spiro atoms. The summed E-state index contributed by atoms with van der Waals surface area (Å²) in [5.74, 6) is 0.892. The van der Waals surface area contributed by atoms with Crippen LogP contribution in [0.2, 0.25) is 0 Å². The molecule has 5 nitrogen and oxygen atoms in total. The van der Waals surface area contributed by atoms with Gasteiger partial charge in [0.05, 0.1) is 19.8 Å². The standard InChI is InChI=1S/C10H12BrNO4S/c1-17(13,14)10-3-8(2-9(11)12-10)16-6-7-4-15-5-7/h2-3,7H,4-6H2,1H3. The summed E-state index contributed by atoms with van der Waals surface area (Å²) in [4.78, 5) is 3.89. The lowest BCUT2D eigenvalue weighted by Crippen LogP contribution is -2.32. The van der Waals surface area contributed by atoms with E-state index < -0.39 is 9.84 Å². The third-order valence-corrected chi connectivity index (χ3v) is 3.69. The number of nitrogens with zero attached hydrogens (tertiary/aromatic N) is 1. The fourth-order valence-corrected chi connectivity index (χ4v) is 2.45. The van der Waals surface area contributed by atoms with E-state index in [0.717, 1.165) is 6.26 Å². The van der Waals surface area contributed by atoms with Gasteiger partial charge in [-0.15, -0.1) is 0 Å². The lowest BCUT2D eigenvalue weighted by molar-refractivity contribution is -0.0509. The Bertz CT molecular complexity index is 513. The maximum atomic E-state index is 11.4. The zero-order valence-electron chi connectivity index (χ0n) is 9.22. The molecule has 2 heterocycles. The first-order chi connectivity index (χ1) is 7.95. The van der Waals surface area contributed by atoms with Gasteiger partial charge in [0.15, 0.2) is 14.9 Å². The molecule has 94 valence electrons. The van der Waals surface area contributed by atoms with Gasteiger partial charge in [0.2, 0.25) is 0 Å². The molecule has 0 bridgehead atoms. The number of hydrogen-bond donors (Lipinski definition) is 0. The van der Waals surface area contributed by atoms with Crippen LogP contribution in [-0.4, -0.2) is 39.5 Å². The number of hydrogen-bond acceptors (Lipinski definition) is 5. The largest absolute Gasteiger partial charge is 0.493 e. The van der Waals surface area contributed by atoms with Gasteiger partial charge in [-0.05, 0) is 15.9 Å². The van der Waals surface area contributed by atoms with Crippen LogP contribution in [-0.2, 0) is 14.6 Å². The minimum absolute atomic E-state index is 0.00624. The molecule has 0 unspecified atom stereocenters. The predicted molar refractivity (Wildman–Crippen MR) is 64.9 cm³/mol. The molecular weight excluding hydrogens is 310 g/mol. The monoisotopic (exact) mass is 321 g/mol. The molecule has 0 radical (unpaired) electrons. The van der Waals surface area contributed by atoms with Crippen molar-refractivity contribution in [1.29, 1.82) is 0 Å². The lowest BCUT2D eigenvalue weighted by atomic mass is 10.1. The van der Waals surface area contributed by atoms with E-state index in [-0.39, 0.29) is 5.03 Å². The molecular formula is C10H12BrNO4S. The highest BCUT2D eigenvalue weighted by Crippen LogP contribution is 2.22. The molecule has 1 aliphatic rings. The van der Waals surface area contributed by atoms with Crippen molar-refractivity contribution in [1.82, 2.24) is 4.98 Å². The number of ether oxygens (including phenoxy) is 2. The smallest absolute Gasteiger partial charge is 0.192 e. The third-order valence-electron chi connectivity index (χ3n) is 2.32. The number of aromatic nitrogens is 1. The summed E-state index contributed by atoms with van der Waals surface area (Å²) in [6, 6.07) is 3.08. The molecule has 1 aliphatic heterocycles. The summed E-state index contributed by atoms with van der Waals surface area (Å²) >= 11 is 3.16. The molecule has 0 amide bonds. The van der Waals surface area contributed by atoms with E-state index in [9.17, 15) is 8.42 Å². The maximum Gasteiger partial charge on any atom is 0.192 e. The van der Waals surface area contributed by atoms with Crippen LogP contribution in [0.15, 0.2) is 21.8 Å². The van der Waals surface area contributed by atoms with Crippen LogP contribution in [0.5, 0.6) is 5.75 Å². The van der Waals surface area contributed by atoms with Gasteiger partial charge in [0.25, 0.3) is 0 Å². The van der Waals surface area contributed by atoms with E-state index in [1.165, 1.54) is 6.07 Å². The van der Waals surface area contributed by atoms with E-state index in [2.05, 4.69) is 20.9 Å². The lowest BCUT2D eigenvalue weighted by Gasteiger charge is -2.25. The molecule has 1 saturated heterocycles. The molecule has 0 atom stereocenters. The summed E-state index contributed by atoms with van der Waals surface area (Å²) in [5.41, 5.74) is 0. The highest BCUT2D eigenvalue weighted by atomic mass is 79.9. The van der Waals surface area contributed by atoms with Gasteiger partial charge < -0.3 is 9.47 Å². The number of sulfone groups is 1. The molecule has 0 saturated carbocycles. The average Bonchev–Trinajstić information content (AvgIpc) is 2.13. The van der Waals surface area contributed by atoms with Gasteiger partial charge in [-0.2, -0.15) is 0 Å². The summed E-state index contributed by atoms with van der Waals surface area (Å²) in [5, 5.41) is 0.00624. The van der Waals surface area contributed by atoms with Crippen molar-refractivity contribution in [2.75, 3.05) is 26.1 Å². The highest BCUT2D eigenvalue weighted by Gasteiger charge is 2.19. The molecule has 0 aromatic carbocycles. The minimum atomic E-state index is -3.32. The summed E-state index contributed by atoms with van der Waals surface area (Å²) in [7, 11) is -3.32. The summed E-state index contributed by atoms with van der Waals surface area (Å²) in [6.07, 6.45) is 1.12. The number of halogens is 1. The van der Waals surface area contributed by atoms with E-state index in [0.29, 0.717) is 36.1 Å². The van der Waals surface area contributed by atoms with Crippen LogP contribution in [0.3, 0.4) is 0 Å². The fourth-order valence-electron chi connectivity index (χ4n) is 1.32. The first kappa shape index (κ1) is 12.8. The molecule has 7 heteroatoms. The Morgan fingerprint density at radius 3 is 2.76 bits per heavy atom. The molecule has 17 heavy (non-hydrogen) atoms. The van der Waals surface area contributed by atoms with Crippen molar-refractivity contribution in [3.8, 4) is 5.75 Å². The van der Waals surface area contributed by atoms with Crippen molar-refractivity contribution in [3.05, 3.63) is 16.7 Å². The highest BCUT2D eigenvalue weighted by molar-refractivity contribution is 9.10. The Balaban J connectivity index is 2.13. The van der Waals surface area contributed by atoms with Crippen molar-refractivity contribution >= 4 is 25.8 Å². The van der Waals surface area contributed by atoms with Gasteiger partial charge >= 0.3 is 0 Å². The zero-order valence-corrected chi connectivity index (χ0v) is 11.6. The van der Waals surface area contributed by atoms with Crippen LogP contribution >= 0.6 is 15.9 Å². The maximum absolute atomic E-state index is 11.4. The quantitative estimate of drug-likeness (QED) is 0.781. The first-order valence-corrected chi connectivity index (χ1v) is 7.72. The molecule has 0 N–H and O–H groups in total. The van der Waals surface area contributed by atoms with Gasteiger partial charge in [0.1, 0.15) is 10.4 Å². The summed E-state index contributed by atoms with van der Waals surface area (Å²) in [6.45, 7) is 1.93. The predicted octanol–water partition coefficient (Wildman–Crippen LogP) is 1.27. The van der Waals surface area contributed by atoms with Gasteiger partial charge in [-0.25, -0.2) is 13.4 Å². The van der Waals surface area contributed by atoms with E-state index in [1.54, 1.807) is 6.07 Å². The molecule has 1 aromatic rings. The van der Waals surface area contributed by atoms with Crippen LogP contribution in [0.25, 0.3) is 0 Å². The Kier molecular flexibility index (Phi) is 3.70. The number of pyridine rings is 1. The summed E-state index contributed by atoms with van der Waals surface area (Å²) < 4.78 is 33.8. The Hall–Kier alpha value is -0.660. The Morgan fingerprint density at radius 1 is 1.53 bits per heavy atom. The fraction of sp³-hybridized carbons (Fsp3) is 0.500. The van der Waals surface area contributed by atoms with Gasteiger partial charge in [0, 0.05) is 24.3 Å².